The lowest BCUT2D eigenvalue weighted by atomic mass is 9.96. The van der Waals surface area contributed by atoms with Gasteiger partial charge in [-0.25, -0.2) is 13.1 Å². The maximum atomic E-state index is 12.8. The van der Waals surface area contributed by atoms with Crippen LogP contribution in [0.25, 0.3) is 10.8 Å². The third-order valence-electron chi connectivity index (χ3n) is 4.71. The molecule has 120 valence electrons. The number of anilines is 1. The number of carbonyl (C=O) groups excluding carboxylic acids is 1. The van der Waals surface area contributed by atoms with Crippen molar-refractivity contribution in [2.24, 2.45) is 0 Å². The van der Waals surface area contributed by atoms with Crippen molar-refractivity contribution in [3.63, 3.8) is 0 Å². The molecule has 2 aromatic carbocycles. The first-order chi connectivity index (χ1) is 11.1. The molecule has 1 saturated carbocycles. The summed E-state index contributed by atoms with van der Waals surface area (Å²) in [5, 5.41) is 4.07. The molecular weight excluding hydrogens is 312 g/mol. The largest absolute Gasteiger partial charge is 0.321 e. The first-order valence-corrected chi connectivity index (χ1v) is 9.44. The fourth-order valence-corrected chi connectivity index (χ4v) is 5.11. The van der Waals surface area contributed by atoms with Crippen molar-refractivity contribution in [3.8, 4) is 0 Å². The van der Waals surface area contributed by atoms with Crippen molar-refractivity contribution < 1.29 is 13.2 Å². The third-order valence-corrected chi connectivity index (χ3v) is 6.29. The van der Waals surface area contributed by atoms with Crippen LogP contribution < -0.4 is 10.0 Å². The van der Waals surface area contributed by atoms with E-state index in [1.807, 2.05) is 0 Å². The molecule has 4 rings (SSSR count). The lowest BCUT2D eigenvalue weighted by Crippen LogP contribution is -2.36. The second kappa shape index (κ2) is 5.32. The van der Waals surface area contributed by atoms with Crippen LogP contribution in [0.4, 0.5) is 5.69 Å². The number of carbonyl (C=O) groups is 1. The number of benzene rings is 2. The Hall–Kier alpha value is -1.92. The Morgan fingerprint density at radius 2 is 1.83 bits per heavy atom. The van der Waals surface area contributed by atoms with E-state index in [-0.39, 0.29) is 16.8 Å². The average molecular weight is 330 g/mol. The van der Waals surface area contributed by atoms with Gasteiger partial charge in [-0.2, -0.15) is 0 Å². The van der Waals surface area contributed by atoms with Crippen LogP contribution in [0, 0.1) is 0 Å². The molecule has 0 spiro atoms. The predicted molar refractivity (Wildman–Crippen MR) is 89.1 cm³/mol. The standard InChI is InChI=1S/C17H18N2O3S/c20-17-13-8-4-7-12-15(10-9-14(18-17)16(12)13)23(21,22)19-11-5-2-1-3-6-11/h4,7-11,19H,1-3,5-6H2,(H,18,20). The van der Waals surface area contributed by atoms with Gasteiger partial charge in [0, 0.05) is 28.1 Å². The summed E-state index contributed by atoms with van der Waals surface area (Å²) in [5.74, 6) is -0.180. The molecule has 2 aromatic rings. The van der Waals surface area contributed by atoms with E-state index in [2.05, 4.69) is 10.0 Å². The molecule has 1 aliphatic heterocycles. The normalized spacial score (nSPS) is 18.3. The summed E-state index contributed by atoms with van der Waals surface area (Å²) in [6.07, 6.45) is 5.08. The van der Waals surface area contributed by atoms with Gasteiger partial charge in [-0.05, 0) is 31.0 Å². The van der Waals surface area contributed by atoms with Crippen LogP contribution in [0.5, 0.6) is 0 Å². The molecule has 1 aliphatic carbocycles. The van der Waals surface area contributed by atoms with Crippen LogP contribution in [0.15, 0.2) is 35.2 Å². The zero-order chi connectivity index (χ0) is 16.0. The maximum absolute atomic E-state index is 12.8. The molecule has 1 fully saturated rings. The van der Waals surface area contributed by atoms with Crippen LogP contribution in [-0.4, -0.2) is 20.4 Å². The highest BCUT2D eigenvalue weighted by Crippen LogP contribution is 2.36. The summed E-state index contributed by atoms with van der Waals surface area (Å²) in [6.45, 7) is 0. The van der Waals surface area contributed by atoms with Crippen LogP contribution in [-0.2, 0) is 10.0 Å². The fraction of sp³-hybridized carbons (Fsp3) is 0.353. The van der Waals surface area contributed by atoms with E-state index in [9.17, 15) is 13.2 Å². The molecular formula is C17H18N2O3S. The number of sulfonamides is 1. The molecule has 0 atom stereocenters. The van der Waals surface area contributed by atoms with Crippen molar-refractivity contribution in [1.82, 2.24) is 4.72 Å². The lowest BCUT2D eigenvalue weighted by molar-refractivity contribution is 0.103. The molecule has 1 amide bonds. The highest BCUT2D eigenvalue weighted by molar-refractivity contribution is 7.89. The first-order valence-electron chi connectivity index (χ1n) is 7.96. The monoisotopic (exact) mass is 330 g/mol. The summed E-state index contributed by atoms with van der Waals surface area (Å²) in [5.41, 5.74) is 1.21. The Morgan fingerprint density at radius 1 is 1.04 bits per heavy atom. The van der Waals surface area contributed by atoms with Crippen molar-refractivity contribution in [1.29, 1.82) is 0 Å². The number of amides is 1. The van der Waals surface area contributed by atoms with Gasteiger partial charge in [0.1, 0.15) is 0 Å². The van der Waals surface area contributed by atoms with E-state index >= 15 is 0 Å². The van der Waals surface area contributed by atoms with Gasteiger partial charge in [-0.15, -0.1) is 0 Å². The van der Waals surface area contributed by atoms with Gasteiger partial charge in [0.25, 0.3) is 5.91 Å². The molecule has 23 heavy (non-hydrogen) atoms. The van der Waals surface area contributed by atoms with Gasteiger partial charge in [0.15, 0.2) is 0 Å². The van der Waals surface area contributed by atoms with Crippen LogP contribution in [0.1, 0.15) is 42.5 Å². The van der Waals surface area contributed by atoms with E-state index in [0.717, 1.165) is 25.7 Å². The third kappa shape index (κ3) is 2.42. The molecule has 2 aliphatic rings. The van der Waals surface area contributed by atoms with E-state index in [1.54, 1.807) is 30.3 Å². The highest BCUT2D eigenvalue weighted by Gasteiger charge is 2.28. The molecule has 0 unspecified atom stereocenters. The highest BCUT2D eigenvalue weighted by atomic mass is 32.2. The quantitative estimate of drug-likeness (QED) is 0.908. The topological polar surface area (TPSA) is 75.3 Å². The van der Waals surface area contributed by atoms with Crippen molar-refractivity contribution in [3.05, 3.63) is 35.9 Å². The van der Waals surface area contributed by atoms with Gasteiger partial charge in [0.2, 0.25) is 10.0 Å². The van der Waals surface area contributed by atoms with Gasteiger partial charge in [-0.1, -0.05) is 31.4 Å². The van der Waals surface area contributed by atoms with Crippen LogP contribution in [0.3, 0.4) is 0 Å². The van der Waals surface area contributed by atoms with Crippen molar-refractivity contribution >= 4 is 32.4 Å². The smallest absolute Gasteiger partial charge is 0.256 e. The van der Waals surface area contributed by atoms with Crippen LogP contribution in [0.2, 0.25) is 0 Å². The van der Waals surface area contributed by atoms with Crippen molar-refractivity contribution in [2.45, 2.75) is 43.0 Å². The van der Waals surface area contributed by atoms with Crippen molar-refractivity contribution in [2.75, 3.05) is 5.32 Å². The molecule has 0 aromatic heterocycles. The van der Waals surface area contributed by atoms with Gasteiger partial charge >= 0.3 is 0 Å². The zero-order valence-electron chi connectivity index (χ0n) is 12.6. The Morgan fingerprint density at radius 3 is 2.61 bits per heavy atom. The number of rotatable bonds is 3. The summed E-state index contributed by atoms with van der Waals surface area (Å²) < 4.78 is 28.5. The van der Waals surface area contributed by atoms with E-state index in [4.69, 9.17) is 0 Å². The first kappa shape index (κ1) is 14.7. The average Bonchev–Trinajstić information content (AvgIpc) is 2.86. The number of hydrogen-bond donors (Lipinski definition) is 2. The summed E-state index contributed by atoms with van der Waals surface area (Å²) >= 11 is 0. The molecule has 2 N–H and O–H groups in total. The molecule has 0 bridgehead atoms. The summed E-state index contributed by atoms with van der Waals surface area (Å²) in [4.78, 5) is 12.2. The minimum Gasteiger partial charge on any atom is -0.321 e. The molecule has 1 heterocycles. The van der Waals surface area contributed by atoms with E-state index in [1.165, 1.54) is 6.42 Å². The number of hydrogen-bond acceptors (Lipinski definition) is 3. The summed E-state index contributed by atoms with van der Waals surface area (Å²) in [7, 11) is -3.60. The minimum atomic E-state index is -3.60. The minimum absolute atomic E-state index is 0.0107. The molecule has 0 radical (unpaired) electrons. The molecule has 6 heteroatoms. The van der Waals surface area contributed by atoms with Gasteiger partial charge < -0.3 is 5.32 Å². The Kier molecular flexibility index (Phi) is 3.39. The Labute approximate surface area is 135 Å². The Bertz CT molecular complexity index is 899. The van der Waals surface area contributed by atoms with E-state index in [0.29, 0.717) is 22.0 Å². The fourth-order valence-electron chi connectivity index (χ4n) is 3.60. The lowest BCUT2D eigenvalue weighted by Gasteiger charge is -2.23. The maximum Gasteiger partial charge on any atom is 0.256 e. The Balaban J connectivity index is 1.80. The predicted octanol–water partition coefficient (Wildman–Crippen LogP) is 3.02. The van der Waals surface area contributed by atoms with Crippen LogP contribution >= 0.6 is 0 Å². The summed E-state index contributed by atoms with van der Waals surface area (Å²) in [6, 6.07) is 8.48. The van der Waals surface area contributed by atoms with E-state index < -0.39 is 10.0 Å². The SMILES string of the molecule is O=C1Nc2ccc(S(=O)(=O)NC3CCCCC3)c3cccc1c23. The van der Waals surface area contributed by atoms with Gasteiger partial charge in [0.05, 0.1) is 4.90 Å². The second-order valence-electron chi connectivity index (χ2n) is 6.25. The molecule has 0 saturated heterocycles. The number of nitrogens with one attached hydrogen (secondary N) is 2. The zero-order valence-corrected chi connectivity index (χ0v) is 13.4. The van der Waals surface area contributed by atoms with Gasteiger partial charge in [-0.3, -0.25) is 4.79 Å². The second-order valence-corrected chi connectivity index (χ2v) is 7.93. The molecule has 5 nitrogen and oxygen atoms in total.